The number of hydrogen-bond acceptors (Lipinski definition) is 5. The van der Waals surface area contributed by atoms with E-state index in [0.717, 1.165) is 6.07 Å². The minimum Gasteiger partial charge on any atom is -0.348 e. The van der Waals surface area contributed by atoms with Crippen molar-refractivity contribution in [3.8, 4) is 0 Å². The molecule has 0 spiro atoms. The van der Waals surface area contributed by atoms with Gasteiger partial charge in [-0.2, -0.15) is 0 Å². The summed E-state index contributed by atoms with van der Waals surface area (Å²) in [4.78, 5) is 48.1. The van der Waals surface area contributed by atoms with Gasteiger partial charge in [0.05, 0.1) is 16.5 Å². The number of nitrogens with zero attached hydrogens (tertiary/aromatic N) is 2. The quantitative estimate of drug-likeness (QED) is 0.492. The number of carbonyl (C=O) groups is 3. The summed E-state index contributed by atoms with van der Waals surface area (Å²) in [6.45, 7) is 1.09. The molecule has 1 heterocycles. The minimum absolute atomic E-state index is 0.103. The lowest BCUT2D eigenvalue weighted by molar-refractivity contribution is -0.385. The molecule has 0 fully saturated rings. The van der Waals surface area contributed by atoms with E-state index in [0.29, 0.717) is 10.5 Å². The largest absolute Gasteiger partial charge is 0.348 e. The molecule has 0 saturated carbocycles. The van der Waals surface area contributed by atoms with Crippen LogP contribution in [0.15, 0.2) is 42.5 Å². The molecule has 0 saturated heterocycles. The Morgan fingerprint density at radius 2 is 1.85 bits per heavy atom. The molecule has 138 valence electrons. The molecule has 2 aromatic carbocycles. The number of amides is 3. The second-order valence-electron chi connectivity index (χ2n) is 5.99. The van der Waals surface area contributed by atoms with Gasteiger partial charge in [0.25, 0.3) is 17.5 Å². The van der Waals surface area contributed by atoms with Crippen LogP contribution in [0.25, 0.3) is 0 Å². The third kappa shape index (κ3) is 3.39. The van der Waals surface area contributed by atoms with Crippen molar-refractivity contribution in [2.75, 3.05) is 6.54 Å². The number of nitrogens with one attached hydrogen (secondary N) is 1. The molecular weight excluding hydrogens is 357 g/mol. The van der Waals surface area contributed by atoms with Gasteiger partial charge in [-0.05, 0) is 30.7 Å². The monoisotopic (exact) mass is 371 g/mol. The normalized spacial score (nSPS) is 14.1. The molecule has 1 atom stereocenters. The third-order valence-electron chi connectivity index (χ3n) is 4.22. The van der Waals surface area contributed by atoms with E-state index in [1.54, 1.807) is 6.92 Å². The number of rotatable bonds is 5. The zero-order valence-corrected chi connectivity index (χ0v) is 14.1. The molecule has 27 heavy (non-hydrogen) atoms. The molecule has 0 radical (unpaired) electrons. The highest BCUT2D eigenvalue weighted by Crippen LogP contribution is 2.30. The number of nitro groups is 1. The number of nitro benzene ring substituents is 1. The Kier molecular flexibility index (Phi) is 4.68. The van der Waals surface area contributed by atoms with Gasteiger partial charge in [0.2, 0.25) is 5.91 Å². The van der Waals surface area contributed by atoms with Crippen molar-refractivity contribution in [1.82, 2.24) is 10.2 Å². The molecule has 8 nitrogen and oxygen atoms in total. The maximum Gasteiger partial charge on any atom is 0.282 e. The summed E-state index contributed by atoms with van der Waals surface area (Å²) in [6, 6.07) is 8.77. The Balaban J connectivity index is 1.74. The van der Waals surface area contributed by atoms with Gasteiger partial charge in [0.15, 0.2) is 0 Å². The zero-order chi connectivity index (χ0) is 19.7. The Labute approximate surface area is 152 Å². The van der Waals surface area contributed by atoms with Crippen molar-refractivity contribution in [2.24, 2.45) is 0 Å². The summed E-state index contributed by atoms with van der Waals surface area (Å²) in [5.74, 6) is -2.68. The molecule has 0 bridgehead atoms. The van der Waals surface area contributed by atoms with E-state index >= 15 is 0 Å². The molecule has 1 unspecified atom stereocenters. The number of carbonyl (C=O) groups excluding carboxylic acids is 3. The minimum atomic E-state index is -0.883. The van der Waals surface area contributed by atoms with Crippen LogP contribution in [0.1, 0.15) is 39.2 Å². The molecule has 3 rings (SSSR count). The van der Waals surface area contributed by atoms with Crippen LogP contribution in [-0.2, 0) is 4.79 Å². The van der Waals surface area contributed by atoms with Crippen molar-refractivity contribution >= 4 is 23.4 Å². The van der Waals surface area contributed by atoms with Crippen LogP contribution >= 0.6 is 0 Å². The molecule has 1 aliphatic rings. The fourth-order valence-electron chi connectivity index (χ4n) is 2.88. The fourth-order valence-corrected chi connectivity index (χ4v) is 2.88. The smallest absolute Gasteiger partial charge is 0.282 e. The summed E-state index contributed by atoms with van der Waals surface area (Å²) < 4.78 is 13.0. The second-order valence-corrected chi connectivity index (χ2v) is 5.99. The van der Waals surface area contributed by atoms with Gasteiger partial charge in [-0.25, -0.2) is 4.39 Å². The number of halogens is 1. The summed E-state index contributed by atoms with van der Waals surface area (Å²) in [7, 11) is 0. The van der Waals surface area contributed by atoms with Gasteiger partial charge >= 0.3 is 0 Å². The Bertz CT molecular complexity index is 958. The third-order valence-corrected chi connectivity index (χ3v) is 4.22. The Morgan fingerprint density at radius 1 is 1.19 bits per heavy atom. The lowest BCUT2D eigenvalue weighted by Crippen LogP contribution is -2.41. The predicted molar refractivity (Wildman–Crippen MR) is 91.4 cm³/mol. The predicted octanol–water partition coefficient (Wildman–Crippen LogP) is 2.21. The highest BCUT2D eigenvalue weighted by atomic mass is 19.1. The van der Waals surface area contributed by atoms with Crippen LogP contribution in [0.2, 0.25) is 0 Å². The molecule has 3 amide bonds. The van der Waals surface area contributed by atoms with Crippen LogP contribution < -0.4 is 5.32 Å². The van der Waals surface area contributed by atoms with Crippen molar-refractivity contribution < 1.29 is 23.7 Å². The molecule has 2 aromatic rings. The average Bonchev–Trinajstić information content (AvgIpc) is 2.87. The summed E-state index contributed by atoms with van der Waals surface area (Å²) in [5.41, 5.74) is -0.253. The summed E-state index contributed by atoms with van der Waals surface area (Å²) in [5, 5.41) is 13.7. The van der Waals surface area contributed by atoms with Gasteiger partial charge in [-0.1, -0.05) is 18.2 Å². The first-order chi connectivity index (χ1) is 12.8. The van der Waals surface area contributed by atoms with E-state index in [4.69, 9.17) is 0 Å². The first-order valence-electron chi connectivity index (χ1n) is 7.98. The van der Waals surface area contributed by atoms with Crippen molar-refractivity contribution in [3.63, 3.8) is 0 Å². The van der Waals surface area contributed by atoms with Crippen molar-refractivity contribution in [1.29, 1.82) is 0 Å². The number of fused-ring (bicyclic) bond motifs is 1. The number of imide groups is 1. The van der Waals surface area contributed by atoms with Crippen LogP contribution in [0, 0.1) is 15.9 Å². The van der Waals surface area contributed by atoms with E-state index in [9.17, 15) is 28.9 Å². The van der Waals surface area contributed by atoms with Gasteiger partial charge in [0, 0.05) is 6.07 Å². The van der Waals surface area contributed by atoms with Crippen LogP contribution in [0.4, 0.5) is 10.1 Å². The summed E-state index contributed by atoms with van der Waals surface area (Å²) in [6.07, 6.45) is 0. The highest BCUT2D eigenvalue weighted by Gasteiger charge is 2.41. The average molecular weight is 371 g/mol. The van der Waals surface area contributed by atoms with E-state index in [1.165, 1.54) is 36.4 Å². The topological polar surface area (TPSA) is 110 Å². The van der Waals surface area contributed by atoms with Gasteiger partial charge in [-0.3, -0.25) is 29.4 Å². The lowest BCUT2D eigenvalue weighted by Gasteiger charge is -2.17. The second kappa shape index (κ2) is 6.94. The van der Waals surface area contributed by atoms with Gasteiger partial charge in [-0.15, -0.1) is 0 Å². The first kappa shape index (κ1) is 18.2. The van der Waals surface area contributed by atoms with E-state index in [2.05, 4.69) is 5.32 Å². The van der Waals surface area contributed by atoms with Crippen LogP contribution in [-0.4, -0.2) is 34.1 Å². The molecule has 0 aromatic heterocycles. The number of hydrogen-bond donors (Lipinski definition) is 1. The van der Waals surface area contributed by atoms with Crippen molar-refractivity contribution in [2.45, 2.75) is 13.0 Å². The molecular formula is C18H14FN3O5. The molecule has 1 N–H and O–H groups in total. The van der Waals surface area contributed by atoms with Crippen molar-refractivity contribution in [3.05, 3.63) is 75.1 Å². The first-order valence-corrected chi connectivity index (χ1v) is 7.98. The van der Waals surface area contributed by atoms with E-state index < -0.39 is 46.7 Å². The van der Waals surface area contributed by atoms with Gasteiger partial charge in [0.1, 0.15) is 17.9 Å². The molecule has 1 aliphatic heterocycles. The van der Waals surface area contributed by atoms with Gasteiger partial charge < -0.3 is 5.32 Å². The molecule has 0 aliphatic carbocycles. The SMILES string of the molecule is CC(NC(=O)CN1C(=O)c2cccc([N+](=O)[O-])c2C1=O)c1ccc(F)cc1. The fraction of sp³-hybridized carbons (Fsp3) is 0.167. The Hall–Kier alpha value is -3.62. The zero-order valence-electron chi connectivity index (χ0n) is 14.1. The van der Waals surface area contributed by atoms with E-state index in [1.807, 2.05) is 0 Å². The number of benzene rings is 2. The van der Waals surface area contributed by atoms with Crippen LogP contribution in [0.5, 0.6) is 0 Å². The maximum atomic E-state index is 13.0. The van der Waals surface area contributed by atoms with Crippen LogP contribution in [0.3, 0.4) is 0 Å². The highest BCUT2D eigenvalue weighted by molar-refractivity contribution is 6.24. The lowest BCUT2D eigenvalue weighted by atomic mass is 10.1. The molecule has 9 heteroatoms. The van der Waals surface area contributed by atoms with E-state index in [-0.39, 0.29) is 11.1 Å². The Morgan fingerprint density at radius 3 is 2.48 bits per heavy atom. The maximum absolute atomic E-state index is 13.0. The summed E-state index contributed by atoms with van der Waals surface area (Å²) >= 11 is 0. The standard InChI is InChI=1S/C18H14FN3O5/c1-10(11-5-7-12(19)8-6-11)20-15(23)9-21-17(24)13-3-2-4-14(22(26)27)16(13)18(21)25/h2-8,10H,9H2,1H3,(H,20,23).